The molecule has 2 aliphatic rings. The SMILES string of the molecule is COC1(CC(=O)N(C)C2COCC2C(=O)O)CCC1. The third-order valence-corrected chi connectivity index (χ3v) is 4.43. The second-order valence-corrected chi connectivity index (χ2v) is 5.47. The number of carboxylic acid groups (broad SMARTS) is 1. The number of likely N-dealkylation sites (N-methyl/N-ethyl adjacent to an activating group) is 1. The Hall–Kier alpha value is -1.14. The minimum atomic E-state index is -0.910. The lowest BCUT2D eigenvalue weighted by atomic mass is 9.77. The molecule has 6 heteroatoms. The number of hydrogen-bond acceptors (Lipinski definition) is 4. The Bertz CT molecular complexity index is 361. The largest absolute Gasteiger partial charge is 0.481 e. The monoisotopic (exact) mass is 271 g/mol. The number of hydrogen-bond donors (Lipinski definition) is 1. The van der Waals surface area contributed by atoms with Gasteiger partial charge in [0, 0.05) is 14.2 Å². The van der Waals surface area contributed by atoms with E-state index >= 15 is 0 Å². The predicted molar refractivity (Wildman–Crippen MR) is 66.7 cm³/mol. The molecule has 1 amide bonds. The zero-order chi connectivity index (χ0) is 14.0. The van der Waals surface area contributed by atoms with Gasteiger partial charge in [-0.25, -0.2) is 0 Å². The van der Waals surface area contributed by atoms with Gasteiger partial charge in [0.15, 0.2) is 0 Å². The van der Waals surface area contributed by atoms with E-state index in [4.69, 9.17) is 14.6 Å². The lowest BCUT2D eigenvalue weighted by Gasteiger charge is -2.41. The Labute approximate surface area is 112 Å². The van der Waals surface area contributed by atoms with Gasteiger partial charge >= 0.3 is 5.97 Å². The zero-order valence-corrected chi connectivity index (χ0v) is 11.4. The van der Waals surface area contributed by atoms with E-state index < -0.39 is 11.9 Å². The summed E-state index contributed by atoms with van der Waals surface area (Å²) in [6.07, 6.45) is 3.19. The molecule has 1 saturated heterocycles. The van der Waals surface area contributed by atoms with E-state index in [1.165, 1.54) is 4.90 Å². The molecule has 0 spiro atoms. The number of ether oxygens (including phenoxy) is 2. The van der Waals surface area contributed by atoms with Crippen LogP contribution in [0, 0.1) is 5.92 Å². The van der Waals surface area contributed by atoms with Gasteiger partial charge in [0.05, 0.1) is 31.3 Å². The van der Waals surface area contributed by atoms with Gasteiger partial charge in [0.25, 0.3) is 0 Å². The molecule has 0 aromatic rings. The summed E-state index contributed by atoms with van der Waals surface area (Å²) < 4.78 is 10.6. The molecule has 0 bridgehead atoms. The van der Waals surface area contributed by atoms with Crippen LogP contribution in [0.5, 0.6) is 0 Å². The summed E-state index contributed by atoms with van der Waals surface area (Å²) in [6, 6.07) is -0.376. The van der Waals surface area contributed by atoms with Crippen LogP contribution in [-0.4, -0.2) is 60.9 Å². The van der Waals surface area contributed by atoms with Crippen LogP contribution in [0.4, 0.5) is 0 Å². The van der Waals surface area contributed by atoms with Crippen LogP contribution in [0.15, 0.2) is 0 Å². The lowest BCUT2D eigenvalue weighted by molar-refractivity contribution is -0.148. The van der Waals surface area contributed by atoms with Crippen LogP contribution < -0.4 is 0 Å². The van der Waals surface area contributed by atoms with Gasteiger partial charge in [0.1, 0.15) is 5.92 Å². The first kappa shape index (κ1) is 14.3. The Balaban J connectivity index is 1.97. The molecular weight excluding hydrogens is 250 g/mol. The fourth-order valence-corrected chi connectivity index (χ4v) is 2.77. The minimum absolute atomic E-state index is 0.0664. The second kappa shape index (κ2) is 5.46. The average molecular weight is 271 g/mol. The molecule has 19 heavy (non-hydrogen) atoms. The van der Waals surface area contributed by atoms with E-state index in [0.29, 0.717) is 13.0 Å². The van der Waals surface area contributed by atoms with Gasteiger partial charge in [-0.15, -0.1) is 0 Å². The first-order valence-corrected chi connectivity index (χ1v) is 6.60. The highest BCUT2D eigenvalue weighted by molar-refractivity contribution is 5.79. The Morgan fingerprint density at radius 2 is 2.11 bits per heavy atom. The van der Waals surface area contributed by atoms with Crippen molar-refractivity contribution in [1.82, 2.24) is 4.90 Å². The van der Waals surface area contributed by atoms with Crippen LogP contribution in [0.25, 0.3) is 0 Å². The molecule has 1 heterocycles. The van der Waals surface area contributed by atoms with Gasteiger partial charge in [-0.05, 0) is 19.3 Å². The highest BCUT2D eigenvalue weighted by Gasteiger charge is 2.43. The summed E-state index contributed by atoms with van der Waals surface area (Å²) in [5.41, 5.74) is -0.330. The molecule has 1 saturated carbocycles. The molecule has 0 radical (unpaired) electrons. The maximum absolute atomic E-state index is 12.3. The third kappa shape index (κ3) is 2.74. The van der Waals surface area contributed by atoms with Crippen molar-refractivity contribution in [2.45, 2.75) is 37.3 Å². The summed E-state index contributed by atoms with van der Waals surface area (Å²) in [6.45, 7) is 0.465. The summed E-state index contributed by atoms with van der Waals surface area (Å²) >= 11 is 0. The highest BCUT2D eigenvalue weighted by Crippen LogP contribution is 2.38. The standard InChI is InChI=1S/C13H21NO5/c1-14(10-8-19-7-9(10)12(16)17)11(15)6-13(18-2)4-3-5-13/h9-10H,3-8H2,1-2H3,(H,16,17). The normalized spacial score (nSPS) is 28.7. The molecule has 1 aliphatic carbocycles. The highest BCUT2D eigenvalue weighted by atomic mass is 16.5. The van der Waals surface area contributed by atoms with Gasteiger partial charge < -0.3 is 19.5 Å². The van der Waals surface area contributed by atoms with Crippen molar-refractivity contribution in [2.75, 3.05) is 27.4 Å². The fraction of sp³-hybridized carbons (Fsp3) is 0.846. The molecule has 2 unspecified atom stereocenters. The maximum Gasteiger partial charge on any atom is 0.311 e. The second-order valence-electron chi connectivity index (χ2n) is 5.47. The summed E-state index contributed by atoms with van der Waals surface area (Å²) in [5.74, 6) is -1.61. The molecule has 2 atom stereocenters. The molecule has 1 aliphatic heterocycles. The van der Waals surface area contributed by atoms with Crippen molar-refractivity contribution in [3.63, 3.8) is 0 Å². The zero-order valence-electron chi connectivity index (χ0n) is 11.4. The number of methoxy groups -OCH3 is 1. The topological polar surface area (TPSA) is 76.1 Å². The number of carboxylic acids is 1. The van der Waals surface area contributed by atoms with Gasteiger partial charge in [-0.2, -0.15) is 0 Å². The van der Waals surface area contributed by atoms with E-state index in [2.05, 4.69) is 0 Å². The molecule has 1 N–H and O–H groups in total. The fourth-order valence-electron chi connectivity index (χ4n) is 2.77. The van der Waals surface area contributed by atoms with Crippen molar-refractivity contribution < 1.29 is 24.2 Å². The summed E-state index contributed by atoms with van der Waals surface area (Å²) in [7, 11) is 3.28. The Morgan fingerprint density at radius 3 is 2.58 bits per heavy atom. The Kier molecular flexibility index (Phi) is 4.10. The molecule has 0 aromatic heterocycles. The van der Waals surface area contributed by atoms with Crippen molar-refractivity contribution in [1.29, 1.82) is 0 Å². The predicted octanol–water partition coefficient (Wildman–Crippen LogP) is 0.504. The molecule has 2 fully saturated rings. The van der Waals surface area contributed by atoms with E-state index in [0.717, 1.165) is 19.3 Å². The van der Waals surface area contributed by atoms with Crippen molar-refractivity contribution in [3.8, 4) is 0 Å². The van der Waals surface area contributed by atoms with E-state index in [-0.39, 0.29) is 24.2 Å². The van der Waals surface area contributed by atoms with Gasteiger partial charge in [-0.1, -0.05) is 0 Å². The van der Waals surface area contributed by atoms with Crippen LogP contribution in [0.1, 0.15) is 25.7 Å². The Morgan fingerprint density at radius 1 is 1.42 bits per heavy atom. The number of aliphatic carboxylic acids is 1. The van der Waals surface area contributed by atoms with Crippen molar-refractivity contribution >= 4 is 11.9 Å². The number of carbonyl (C=O) groups is 2. The van der Waals surface area contributed by atoms with E-state index in [9.17, 15) is 9.59 Å². The molecule has 6 nitrogen and oxygen atoms in total. The van der Waals surface area contributed by atoms with Gasteiger partial charge in [0.2, 0.25) is 5.91 Å². The van der Waals surface area contributed by atoms with E-state index in [1.54, 1.807) is 14.2 Å². The number of carbonyl (C=O) groups excluding carboxylic acids is 1. The van der Waals surface area contributed by atoms with Crippen LogP contribution in [-0.2, 0) is 19.1 Å². The van der Waals surface area contributed by atoms with Crippen LogP contribution >= 0.6 is 0 Å². The van der Waals surface area contributed by atoms with E-state index in [1.807, 2.05) is 0 Å². The van der Waals surface area contributed by atoms with Crippen molar-refractivity contribution in [3.05, 3.63) is 0 Å². The average Bonchev–Trinajstić information content (AvgIpc) is 2.81. The first-order valence-electron chi connectivity index (χ1n) is 6.60. The smallest absolute Gasteiger partial charge is 0.311 e. The quantitative estimate of drug-likeness (QED) is 0.788. The van der Waals surface area contributed by atoms with Crippen LogP contribution in [0.3, 0.4) is 0 Å². The summed E-state index contributed by atoms with van der Waals surface area (Å²) in [5, 5.41) is 9.11. The molecular formula is C13H21NO5. The molecule has 108 valence electrons. The first-order chi connectivity index (χ1) is 8.99. The minimum Gasteiger partial charge on any atom is -0.481 e. The number of rotatable bonds is 5. The number of amides is 1. The lowest BCUT2D eigenvalue weighted by Crippen LogP contribution is -2.49. The summed E-state index contributed by atoms with van der Waals surface area (Å²) in [4.78, 5) is 24.9. The van der Waals surface area contributed by atoms with Crippen molar-refractivity contribution in [2.24, 2.45) is 5.92 Å². The van der Waals surface area contributed by atoms with Crippen LogP contribution in [0.2, 0.25) is 0 Å². The molecule has 2 rings (SSSR count). The molecule has 0 aromatic carbocycles. The van der Waals surface area contributed by atoms with Gasteiger partial charge in [-0.3, -0.25) is 9.59 Å². The third-order valence-electron chi connectivity index (χ3n) is 4.43. The maximum atomic E-state index is 12.3. The number of nitrogens with zero attached hydrogens (tertiary/aromatic N) is 1.